The summed E-state index contributed by atoms with van der Waals surface area (Å²) in [5.41, 5.74) is 0.601. The molecule has 1 aromatic rings. The molecule has 0 aliphatic carbocycles. The fourth-order valence-corrected chi connectivity index (χ4v) is 2.03. The molecular formula is C17H28N2O3. The smallest absolute Gasteiger partial charge is 0.256 e. The van der Waals surface area contributed by atoms with Gasteiger partial charge in [0.15, 0.2) is 0 Å². The number of rotatable bonds is 9. The Bertz CT molecular complexity index is 491. The van der Waals surface area contributed by atoms with Crippen molar-refractivity contribution in [2.45, 2.75) is 59.0 Å². The van der Waals surface area contributed by atoms with Gasteiger partial charge < -0.3 is 14.8 Å². The zero-order valence-corrected chi connectivity index (χ0v) is 14.4. The third kappa shape index (κ3) is 4.98. The molecule has 1 aromatic heterocycles. The minimum Gasteiger partial charge on any atom is -0.478 e. The first-order valence-corrected chi connectivity index (χ1v) is 7.93. The molecule has 0 bridgehead atoms. The Labute approximate surface area is 133 Å². The molecule has 0 spiro atoms. The maximum Gasteiger partial charge on any atom is 0.256 e. The number of aryl methyl sites for hydroxylation is 1. The molecule has 0 aromatic carbocycles. The molecule has 1 atom stereocenters. The van der Waals surface area contributed by atoms with Crippen LogP contribution < -0.4 is 10.1 Å². The molecule has 0 saturated carbocycles. The number of nitrogens with one attached hydrogen (secondary N) is 1. The van der Waals surface area contributed by atoms with Crippen molar-refractivity contribution in [1.82, 2.24) is 4.98 Å². The summed E-state index contributed by atoms with van der Waals surface area (Å²) in [6, 6.07) is 3.59. The number of aromatic nitrogens is 1. The third-order valence-corrected chi connectivity index (χ3v) is 3.70. The highest BCUT2D eigenvalue weighted by Crippen LogP contribution is 2.23. The van der Waals surface area contributed by atoms with E-state index in [4.69, 9.17) is 9.47 Å². The number of pyridine rings is 1. The summed E-state index contributed by atoms with van der Waals surface area (Å²) in [5, 5.41) is 2.91. The summed E-state index contributed by atoms with van der Waals surface area (Å²) in [4.78, 5) is 16.8. The van der Waals surface area contributed by atoms with Crippen LogP contribution in [0.2, 0.25) is 0 Å². The highest BCUT2D eigenvalue weighted by atomic mass is 16.5. The van der Waals surface area contributed by atoms with Crippen molar-refractivity contribution in [3.63, 3.8) is 0 Å². The molecular weight excluding hydrogens is 280 g/mol. The van der Waals surface area contributed by atoms with Gasteiger partial charge in [0.05, 0.1) is 18.0 Å². The van der Waals surface area contributed by atoms with E-state index in [0.29, 0.717) is 24.6 Å². The molecule has 22 heavy (non-hydrogen) atoms. The number of hydrogen-bond acceptors (Lipinski definition) is 4. The van der Waals surface area contributed by atoms with Gasteiger partial charge in [-0.3, -0.25) is 4.79 Å². The van der Waals surface area contributed by atoms with Crippen LogP contribution >= 0.6 is 0 Å². The molecule has 1 N–H and O–H groups in total. The summed E-state index contributed by atoms with van der Waals surface area (Å²) >= 11 is 0. The molecule has 5 nitrogen and oxygen atoms in total. The van der Waals surface area contributed by atoms with E-state index >= 15 is 0 Å². The largest absolute Gasteiger partial charge is 0.478 e. The lowest BCUT2D eigenvalue weighted by Crippen LogP contribution is -2.42. The number of anilines is 1. The zero-order valence-electron chi connectivity index (χ0n) is 14.4. The second-order valence-electron chi connectivity index (χ2n) is 5.62. The van der Waals surface area contributed by atoms with Gasteiger partial charge in [0, 0.05) is 13.2 Å². The van der Waals surface area contributed by atoms with Gasteiger partial charge >= 0.3 is 0 Å². The molecule has 124 valence electrons. The monoisotopic (exact) mass is 308 g/mol. The van der Waals surface area contributed by atoms with Crippen LogP contribution in [0.5, 0.6) is 5.88 Å². The van der Waals surface area contributed by atoms with Crippen molar-refractivity contribution in [1.29, 1.82) is 0 Å². The number of methoxy groups -OCH3 is 1. The highest BCUT2D eigenvalue weighted by Gasteiger charge is 2.32. The standard InChI is InChI=1S/C17H28N2O3/c1-6-8-11-17(4,21-5)16(20)19-14-9-10-15(18-13(14)3)22-12-7-2/h9-10H,6-8,11-12H2,1-5H3,(H,19,20)/t17-/m1/s1. The van der Waals surface area contributed by atoms with Crippen molar-refractivity contribution in [2.75, 3.05) is 19.0 Å². The number of nitrogens with zero attached hydrogens (tertiary/aromatic N) is 1. The van der Waals surface area contributed by atoms with Crippen molar-refractivity contribution < 1.29 is 14.3 Å². The van der Waals surface area contributed by atoms with Gasteiger partial charge in [-0.05, 0) is 32.8 Å². The lowest BCUT2D eigenvalue weighted by molar-refractivity contribution is -0.136. The Balaban J connectivity index is 2.78. The first kappa shape index (κ1) is 18.4. The molecule has 0 saturated heterocycles. The average Bonchev–Trinajstić information content (AvgIpc) is 2.52. The molecule has 0 fully saturated rings. The third-order valence-electron chi connectivity index (χ3n) is 3.70. The van der Waals surface area contributed by atoms with Crippen LogP contribution in [0.1, 0.15) is 52.1 Å². The van der Waals surface area contributed by atoms with Crippen LogP contribution in [-0.4, -0.2) is 30.2 Å². The van der Waals surface area contributed by atoms with Crippen molar-refractivity contribution in [3.05, 3.63) is 17.8 Å². The average molecular weight is 308 g/mol. The van der Waals surface area contributed by atoms with Crippen molar-refractivity contribution in [3.8, 4) is 5.88 Å². The molecule has 0 aliphatic rings. The molecule has 1 rings (SSSR count). The topological polar surface area (TPSA) is 60.5 Å². The van der Waals surface area contributed by atoms with Gasteiger partial charge in [-0.25, -0.2) is 4.98 Å². The molecule has 5 heteroatoms. The lowest BCUT2D eigenvalue weighted by Gasteiger charge is -2.27. The first-order chi connectivity index (χ1) is 10.5. The summed E-state index contributed by atoms with van der Waals surface area (Å²) in [6.45, 7) is 8.45. The summed E-state index contributed by atoms with van der Waals surface area (Å²) < 4.78 is 10.9. The van der Waals surface area contributed by atoms with Crippen LogP contribution in [-0.2, 0) is 9.53 Å². The van der Waals surface area contributed by atoms with Crippen LogP contribution in [0.15, 0.2) is 12.1 Å². The van der Waals surface area contributed by atoms with E-state index < -0.39 is 5.60 Å². The van der Waals surface area contributed by atoms with E-state index in [-0.39, 0.29) is 5.91 Å². The van der Waals surface area contributed by atoms with E-state index in [1.807, 2.05) is 26.8 Å². The van der Waals surface area contributed by atoms with E-state index in [1.165, 1.54) is 0 Å². The Morgan fingerprint density at radius 2 is 2.05 bits per heavy atom. The van der Waals surface area contributed by atoms with Gasteiger partial charge in [0.2, 0.25) is 5.88 Å². The van der Waals surface area contributed by atoms with E-state index in [2.05, 4.69) is 17.2 Å². The SMILES string of the molecule is CCCC[C@@](C)(OC)C(=O)Nc1ccc(OCCC)nc1C. The highest BCUT2D eigenvalue weighted by molar-refractivity contribution is 5.97. The summed E-state index contributed by atoms with van der Waals surface area (Å²) in [7, 11) is 1.57. The van der Waals surface area contributed by atoms with Gasteiger partial charge in [-0.15, -0.1) is 0 Å². The molecule has 1 heterocycles. The summed E-state index contributed by atoms with van der Waals surface area (Å²) in [5.74, 6) is 0.438. The van der Waals surface area contributed by atoms with Crippen LogP contribution in [0, 0.1) is 6.92 Å². The normalized spacial score (nSPS) is 13.5. The van der Waals surface area contributed by atoms with Gasteiger partial charge in [0.1, 0.15) is 5.60 Å². The van der Waals surface area contributed by atoms with Crippen molar-refractivity contribution >= 4 is 11.6 Å². The number of carbonyl (C=O) groups is 1. The Morgan fingerprint density at radius 3 is 2.59 bits per heavy atom. The van der Waals surface area contributed by atoms with E-state index in [1.54, 1.807) is 13.2 Å². The predicted molar refractivity (Wildman–Crippen MR) is 88.3 cm³/mol. The van der Waals surface area contributed by atoms with Crippen molar-refractivity contribution in [2.24, 2.45) is 0 Å². The van der Waals surface area contributed by atoms with Crippen LogP contribution in [0.25, 0.3) is 0 Å². The maximum absolute atomic E-state index is 12.5. The minimum atomic E-state index is -0.820. The maximum atomic E-state index is 12.5. The number of carbonyl (C=O) groups excluding carboxylic acids is 1. The molecule has 0 unspecified atom stereocenters. The number of hydrogen-bond donors (Lipinski definition) is 1. The number of amides is 1. The Hall–Kier alpha value is -1.62. The lowest BCUT2D eigenvalue weighted by atomic mass is 9.97. The zero-order chi connectivity index (χ0) is 16.6. The second kappa shape index (κ2) is 8.73. The second-order valence-corrected chi connectivity index (χ2v) is 5.62. The number of ether oxygens (including phenoxy) is 2. The van der Waals surface area contributed by atoms with Crippen LogP contribution in [0.3, 0.4) is 0 Å². The minimum absolute atomic E-state index is 0.143. The van der Waals surface area contributed by atoms with Gasteiger partial charge in [-0.1, -0.05) is 26.7 Å². The molecule has 0 radical (unpaired) electrons. The fraction of sp³-hybridized carbons (Fsp3) is 0.647. The van der Waals surface area contributed by atoms with Gasteiger partial charge in [0.25, 0.3) is 5.91 Å². The Kier molecular flexibility index (Phi) is 7.32. The van der Waals surface area contributed by atoms with E-state index in [0.717, 1.165) is 25.0 Å². The van der Waals surface area contributed by atoms with Gasteiger partial charge in [-0.2, -0.15) is 0 Å². The Morgan fingerprint density at radius 1 is 1.32 bits per heavy atom. The fourth-order valence-electron chi connectivity index (χ4n) is 2.03. The summed E-state index contributed by atoms with van der Waals surface area (Å²) in [6.07, 6.45) is 3.59. The molecule has 1 amide bonds. The first-order valence-electron chi connectivity index (χ1n) is 7.93. The number of unbranched alkanes of at least 4 members (excludes halogenated alkanes) is 1. The van der Waals surface area contributed by atoms with E-state index in [9.17, 15) is 4.79 Å². The quantitative estimate of drug-likeness (QED) is 0.755. The molecule has 0 aliphatic heterocycles. The predicted octanol–water partition coefficient (Wildman–Crippen LogP) is 3.71. The van der Waals surface area contributed by atoms with Crippen LogP contribution in [0.4, 0.5) is 5.69 Å².